The van der Waals surface area contributed by atoms with E-state index in [1.807, 2.05) is 38.1 Å². The van der Waals surface area contributed by atoms with Crippen LogP contribution in [0.5, 0.6) is 0 Å². The number of hydrogen-bond acceptors (Lipinski definition) is 6. The predicted octanol–water partition coefficient (Wildman–Crippen LogP) is 0.332. The SMILES string of the molecule is CC(C)CC(NC(=O)C(N)CCCN=C(N)N)C(=O)NC(Cc1c[nH]c2ccccc12)C(=O)NC(C(=O)O)C(C)C. The van der Waals surface area contributed by atoms with Crippen molar-refractivity contribution in [3.63, 3.8) is 0 Å². The Bertz CT molecular complexity index is 1220. The largest absolute Gasteiger partial charge is 0.480 e. The van der Waals surface area contributed by atoms with Gasteiger partial charge in [0.2, 0.25) is 17.7 Å². The number of guanidine groups is 1. The van der Waals surface area contributed by atoms with Gasteiger partial charge in [0.1, 0.15) is 18.1 Å². The van der Waals surface area contributed by atoms with E-state index in [2.05, 4.69) is 25.9 Å². The van der Waals surface area contributed by atoms with Crippen LogP contribution in [0.15, 0.2) is 35.5 Å². The average molecular weight is 573 g/mol. The van der Waals surface area contributed by atoms with Gasteiger partial charge in [-0.2, -0.15) is 0 Å². The first-order valence-corrected chi connectivity index (χ1v) is 13.8. The van der Waals surface area contributed by atoms with Crippen LogP contribution >= 0.6 is 0 Å². The van der Waals surface area contributed by atoms with Crippen LogP contribution in [0.25, 0.3) is 10.9 Å². The number of fused-ring (bicyclic) bond motifs is 1. The maximum atomic E-state index is 13.5. The first-order chi connectivity index (χ1) is 19.3. The molecule has 13 heteroatoms. The summed E-state index contributed by atoms with van der Waals surface area (Å²) in [5.74, 6) is -3.31. The molecule has 0 saturated heterocycles. The molecule has 4 unspecified atom stereocenters. The van der Waals surface area contributed by atoms with Crippen molar-refractivity contribution >= 4 is 40.6 Å². The Labute approximate surface area is 240 Å². The second-order valence-corrected chi connectivity index (χ2v) is 10.9. The minimum absolute atomic E-state index is 0.0300. The number of H-pyrrole nitrogens is 1. The van der Waals surface area contributed by atoms with Crippen LogP contribution in [0.4, 0.5) is 0 Å². The second kappa shape index (κ2) is 15.6. The zero-order chi connectivity index (χ0) is 30.7. The number of aromatic amines is 1. The molecule has 3 amide bonds. The fourth-order valence-electron chi connectivity index (χ4n) is 4.40. The summed E-state index contributed by atoms with van der Waals surface area (Å²) in [6.45, 7) is 7.48. The predicted molar refractivity (Wildman–Crippen MR) is 158 cm³/mol. The molecule has 0 fully saturated rings. The van der Waals surface area contributed by atoms with Crippen LogP contribution in [-0.4, -0.2) is 70.5 Å². The summed E-state index contributed by atoms with van der Waals surface area (Å²) in [6.07, 6.45) is 2.92. The number of hydrogen-bond donors (Lipinski definition) is 8. The van der Waals surface area contributed by atoms with Gasteiger partial charge in [-0.15, -0.1) is 0 Å². The van der Waals surface area contributed by atoms with Crippen LogP contribution in [-0.2, 0) is 25.6 Å². The average Bonchev–Trinajstić information content (AvgIpc) is 3.30. The number of nitrogens with two attached hydrogens (primary N) is 3. The van der Waals surface area contributed by atoms with Gasteiger partial charge in [-0.1, -0.05) is 45.9 Å². The molecule has 0 aliphatic carbocycles. The molecule has 2 aromatic rings. The van der Waals surface area contributed by atoms with Gasteiger partial charge in [0.05, 0.1) is 6.04 Å². The summed E-state index contributed by atoms with van der Waals surface area (Å²) in [6, 6.07) is 3.41. The number of carbonyl (C=O) groups is 4. The third-order valence-electron chi connectivity index (χ3n) is 6.61. The molecular formula is C28H44N8O5. The maximum Gasteiger partial charge on any atom is 0.326 e. The lowest BCUT2D eigenvalue weighted by atomic mass is 9.99. The Morgan fingerprint density at radius 2 is 1.59 bits per heavy atom. The quantitative estimate of drug-likeness (QED) is 0.0791. The van der Waals surface area contributed by atoms with Crippen LogP contribution in [0.3, 0.4) is 0 Å². The molecule has 4 atom stereocenters. The third kappa shape index (κ3) is 10.4. The molecular weight excluding hydrogens is 528 g/mol. The molecule has 0 spiro atoms. The fraction of sp³-hybridized carbons (Fsp3) is 0.536. The number of aromatic nitrogens is 1. The number of aliphatic imine (C=N–C) groups is 1. The molecule has 226 valence electrons. The Balaban J connectivity index is 2.25. The normalized spacial score (nSPS) is 14.2. The maximum absolute atomic E-state index is 13.5. The van der Waals surface area contributed by atoms with E-state index in [0.717, 1.165) is 16.5 Å². The molecule has 2 rings (SSSR count). The molecule has 0 aliphatic rings. The third-order valence-corrected chi connectivity index (χ3v) is 6.61. The summed E-state index contributed by atoms with van der Waals surface area (Å²) in [5, 5.41) is 18.5. The van der Waals surface area contributed by atoms with Crippen molar-refractivity contribution in [2.75, 3.05) is 6.54 Å². The Kier molecular flexibility index (Phi) is 12.6. The van der Waals surface area contributed by atoms with Crippen molar-refractivity contribution in [2.45, 2.75) is 77.5 Å². The van der Waals surface area contributed by atoms with Crippen molar-refractivity contribution in [1.82, 2.24) is 20.9 Å². The highest BCUT2D eigenvalue weighted by atomic mass is 16.4. The Morgan fingerprint density at radius 1 is 0.951 bits per heavy atom. The molecule has 11 N–H and O–H groups in total. The van der Waals surface area contributed by atoms with E-state index >= 15 is 0 Å². The van der Waals surface area contributed by atoms with Gasteiger partial charge in [-0.25, -0.2) is 4.79 Å². The number of nitrogens with one attached hydrogen (secondary N) is 4. The number of nitrogens with zero attached hydrogens (tertiary/aromatic N) is 1. The van der Waals surface area contributed by atoms with Gasteiger partial charge < -0.3 is 43.2 Å². The molecule has 0 radical (unpaired) electrons. The van der Waals surface area contributed by atoms with E-state index < -0.39 is 47.9 Å². The monoisotopic (exact) mass is 572 g/mol. The van der Waals surface area contributed by atoms with Crippen LogP contribution < -0.4 is 33.2 Å². The topological polar surface area (TPSA) is 231 Å². The van der Waals surface area contributed by atoms with Crippen molar-refractivity contribution in [3.8, 4) is 0 Å². The van der Waals surface area contributed by atoms with E-state index in [1.165, 1.54) is 0 Å². The summed E-state index contributed by atoms with van der Waals surface area (Å²) in [4.78, 5) is 58.5. The number of carboxylic acid groups (broad SMARTS) is 1. The zero-order valence-corrected chi connectivity index (χ0v) is 24.1. The molecule has 0 aliphatic heterocycles. The highest BCUT2D eigenvalue weighted by Gasteiger charge is 2.32. The number of amides is 3. The summed E-state index contributed by atoms with van der Waals surface area (Å²) in [5.41, 5.74) is 18.3. The van der Waals surface area contributed by atoms with Crippen molar-refractivity contribution in [2.24, 2.45) is 34.0 Å². The van der Waals surface area contributed by atoms with Crippen molar-refractivity contribution in [3.05, 3.63) is 36.0 Å². The lowest BCUT2D eigenvalue weighted by molar-refractivity contribution is -0.143. The highest BCUT2D eigenvalue weighted by Crippen LogP contribution is 2.20. The van der Waals surface area contributed by atoms with Crippen LogP contribution in [0, 0.1) is 11.8 Å². The molecule has 13 nitrogen and oxygen atoms in total. The van der Waals surface area contributed by atoms with Crippen LogP contribution in [0.2, 0.25) is 0 Å². The molecule has 1 heterocycles. The number of rotatable bonds is 16. The molecule has 1 aromatic carbocycles. The fourth-order valence-corrected chi connectivity index (χ4v) is 4.40. The second-order valence-electron chi connectivity index (χ2n) is 10.9. The van der Waals surface area contributed by atoms with E-state index in [4.69, 9.17) is 17.2 Å². The first-order valence-electron chi connectivity index (χ1n) is 13.8. The molecule has 41 heavy (non-hydrogen) atoms. The van der Waals surface area contributed by atoms with E-state index in [0.29, 0.717) is 25.8 Å². The van der Waals surface area contributed by atoms with Gasteiger partial charge in [0, 0.05) is 30.1 Å². The Hall–Kier alpha value is -4.13. The summed E-state index contributed by atoms with van der Waals surface area (Å²) in [7, 11) is 0. The lowest BCUT2D eigenvalue weighted by Gasteiger charge is -2.26. The zero-order valence-electron chi connectivity index (χ0n) is 24.1. The smallest absolute Gasteiger partial charge is 0.326 e. The van der Waals surface area contributed by atoms with Crippen LogP contribution in [0.1, 0.15) is 52.5 Å². The number of benzene rings is 1. The number of aliphatic carboxylic acids is 1. The van der Waals surface area contributed by atoms with Gasteiger partial charge in [-0.3, -0.25) is 19.4 Å². The summed E-state index contributed by atoms with van der Waals surface area (Å²) < 4.78 is 0. The van der Waals surface area contributed by atoms with Crippen molar-refractivity contribution in [1.29, 1.82) is 0 Å². The molecule has 0 saturated carbocycles. The minimum Gasteiger partial charge on any atom is -0.480 e. The summed E-state index contributed by atoms with van der Waals surface area (Å²) >= 11 is 0. The lowest BCUT2D eigenvalue weighted by Crippen LogP contribution is -2.58. The van der Waals surface area contributed by atoms with Gasteiger partial charge >= 0.3 is 5.97 Å². The standard InChI is InChI=1S/C28H44N8O5/c1-15(2)12-21(34-24(37)19(29)9-7-11-32-28(30)31)25(38)35-22(26(39)36-23(16(3)4)27(40)41)13-17-14-33-20-10-6-5-8-18(17)20/h5-6,8,10,14-16,19,21-23,33H,7,9,11-13,29H2,1-4H3,(H,34,37)(H,35,38)(H,36,39)(H,40,41)(H4,30,31,32). The van der Waals surface area contributed by atoms with E-state index in [9.17, 15) is 24.3 Å². The van der Waals surface area contributed by atoms with Gasteiger partial charge in [0.15, 0.2) is 5.96 Å². The highest BCUT2D eigenvalue weighted by molar-refractivity contribution is 5.95. The van der Waals surface area contributed by atoms with E-state index in [-0.39, 0.29) is 24.2 Å². The van der Waals surface area contributed by atoms with Gasteiger partial charge in [0.25, 0.3) is 0 Å². The Morgan fingerprint density at radius 3 is 2.20 bits per heavy atom. The number of carboxylic acids is 1. The molecule has 0 bridgehead atoms. The van der Waals surface area contributed by atoms with Crippen molar-refractivity contribution < 1.29 is 24.3 Å². The first kappa shape index (κ1) is 33.1. The molecule has 1 aromatic heterocycles. The number of carbonyl (C=O) groups excluding carboxylic acids is 3. The van der Waals surface area contributed by atoms with E-state index in [1.54, 1.807) is 20.0 Å². The number of para-hydroxylation sites is 1. The van der Waals surface area contributed by atoms with Gasteiger partial charge in [-0.05, 0) is 42.7 Å². The minimum atomic E-state index is -1.18.